The Morgan fingerprint density at radius 2 is 1.17 bits per heavy atom. The summed E-state index contributed by atoms with van der Waals surface area (Å²) in [6, 6.07) is 0. The lowest BCUT2D eigenvalue weighted by Gasteiger charge is -2.39. The summed E-state index contributed by atoms with van der Waals surface area (Å²) in [6.45, 7) is 3.31. The number of aliphatic hydroxyl groups excluding tert-OH is 4. The maximum absolute atomic E-state index is 12.6. The molecule has 6 atom stereocenters. The Bertz CT molecular complexity index is 789. The van der Waals surface area contributed by atoms with Gasteiger partial charge in [-0.25, -0.2) is 0 Å². The third kappa shape index (κ3) is 21.9. The molecule has 1 rings (SSSR count). The number of carbonyl (C=O) groups is 2. The SMILES string of the molecule is CCCCCCCCCCCCC/C=C/CCC(=O)OC[C@@H](CO[C@H]1O[C@@H](CO)[C@@H](O)C(O)C1O)OC(=O)CCCCCCCCC. The number of hydrogen-bond donors (Lipinski definition) is 4. The molecule has 0 amide bonds. The largest absolute Gasteiger partial charge is 0.462 e. The van der Waals surface area contributed by atoms with Gasteiger partial charge in [-0.15, -0.1) is 0 Å². The van der Waals surface area contributed by atoms with E-state index < -0.39 is 55.4 Å². The van der Waals surface area contributed by atoms with E-state index in [-0.39, 0.29) is 26.1 Å². The fourth-order valence-electron chi connectivity index (χ4n) is 5.62. The molecule has 0 bridgehead atoms. The van der Waals surface area contributed by atoms with Gasteiger partial charge in [-0.2, -0.15) is 0 Å². The van der Waals surface area contributed by atoms with Gasteiger partial charge in [-0.1, -0.05) is 129 Å². The smallest absolute Gasteiger partial charge is 0.306 e. The van der Waals surface area contributed by atoms with E-state index in [2.05, 4.69) is 19.9 Å². The van der Waals surface area contributed by atoms with Gasteiger partial charge in [0.2, 0.25) is 0 Å². The van der Waals surface area contributed by atoms with E-state index in [1.807, 2.05) is 6.08 Å². The molecular formula is C37H68O10. The predicted molar refractivity (Wildman–Crippen MR) is 183 cm³/mol. The van der Waals surface area contributed by atoms with Gasteiger partial charge < -0.3 is 39.4 Å². The Morgan fingerprint density at radius 1 is 0.638 bits per heavy atom. The van der Waals surface area contributed by atoms with E-state index in [0.29, 0.717) is 12.8 Å². The summed E-state index contributed by atoms with van der Waals surface area (Å²) in [5, 5.41) is 39.8. The average Bonchev–Trinajstić information content (AvgIpc) is 3.06. The summed E-state index contributed by atoms with van der Waals surface area (Å²) >= 11 is 0. The number of aliphatic hydroxyl groups is 4. The van der Waals surface area contributed by atoms with Crippen LogP contribution in [0.25, 0.3) is 0 Å². The zero-order chi connectivity index (χ0) is 34.5. The summed E-state index contributed by atoms with van der Waals surface area (Å²) in [5.74, 6) is -0.868. The average molecular weight is 673 g/mol. The fraction of sp³-hybridized carbons (Fsp3) is 0.892. The number of hydrogen-bond acceptors (Lipinski definition) is 10. The van der Waals surface area contributed by atoms with Crippen molar-refractivity contribution in [2.45, 2.75) is 192 Å². The van der Waals surface area contributed by atoms with E-state index in [9.17, 15) is 30.0 Å². The number of carbonyl (C=O) groups excluding carboxylic acids is 2. The number of esters is 2. The molecule has 10 heteroatoms. The molecule has 0 aliphatic carbocycles. The molecule has 1 fully saturated rings. The van der Waals surface area contributed by atoms with Crippen LogP contribution >= 0.6 is 0 Å². The third-order valence-electron chi connectivity index (χ3n) is 8.66. The van der Waals surface area contributed by atoms with Gasteiger partial charge in [0.1, 0.15) is 31.0 Å². The van der Waals surface area contributed by atoms with Gasteiger partial charge >= 0.3 is 11.9 Å². The van der Waals surface area contributed by atoms with E-state index in [1.54, 1.807) is 0 Å². The molecule has 1 aliphatic heterocycles. The molecule has 1 aliphatic rings. The first kappa shape index (κ1) is 43.5. The van der Waals surface area contributed by atoms with Crippen molar-refractivity contribution in [3.05, 3.63) is 12.2 Å². The molecule has 1 heterocycles. The van der Waals surface area contributed by atoms with Crippen molar-refractivity contribution < 1.29 is 49.0 Å². The highest BCUT2D eigenvalue weighted by Gasteiger charge is 2.44. The van der Waals surface area contributed by atoms with Crippen molar-refractivity contribution in [2.24, 2.45) is 0 Å². The number of allylic oxidation sites excluding steroid dienone is 2. The molecule has 276 valence electrons. The highest BCUT2D eigenvalue weighted by Crippen LogP contribution is 2.22. The van der Waals surface area contributed by atoms with Crippen LogP contribution in [0.5, 0.6) is 0 Å². The Hall–Kier alpha value is -1.56. The fourth-order valence-corrected chi connectivity index (χ4v) is 5.62. The number of unbranched alkanes of at least 4 members (excludes halogenated alkanes) is 17. The Labute approximate surface area is 284 Å². The Balaban J connectivity index is 2.38. The Kier molecular flexibility index (Phi) is 27.2. The van der Waals surface area contributed by atoms with Crippen LogP contribution in [0.15, 0.2) is 12.2 Å². The maximum Gasteiger partial charge on any atom is 0.306 e. The molecule has 0 aromatic carbocycles. The topological polar surface area (TPSA) is 152 Å². The second kappa shape index (κ2) is 29.4. The van der Waals surface area contributed by atoms with Gasteiger partial charge in [0.15, 0.2) is 12.4 Å². The van der Waals surface area contributed by atoms with Crippen LogP contribution in [0, 0.1) is 0 Å². The zero-order valence-electron chi connectivity index (χ0n) is 29.5. The summed E-state index contributed by atoms with van der Waals surface area (Å²) in [6.07, 6.45) is 19.8. The maximum atomic E-state index is 12.6. The molecular weight excluding hydrogens is 604 g/mol. The van der Waals surface area contributed by atoms with Crippen LogP contribution in [0.2, 0.25) is 0 Å². The standard InChI is InChI=1S/C37H68O10/c1-3-5-7-9-11-12-13-14-15-16-17-18-20-21-23-25-32(39)44-28-30(46-33(40)26-24-22-19-10-8-6-4-2)29-45-37-36(43)35(42)34(41)31(27-38)47-37/h20-21,30-31,34-38,41-43H,3-19,22-29H2,1-2H3/b21-20+/t30-,31-,34+,35?,36?,37-/m0/s1. The van der Waals surface area contributed by atoms with Crippen molar-refractivity contribution in [3.63, 3.8) is 0 Å². The summed E-state index contributed by atoms with van der Waals surface area (Å²) < 4.78 is 21.9. The minimum absolute atomic E-state index is 0.195. The minimum atomic E-state index is -1.59. The molecule has 4 N–H and O–H groups in total. The lowest BCUT2D eigenvalue weighted by atomic mass is 9.99. The van der Waals surface area contributed by atoms with Crippen molar-refractivity contribution in [1.82, 2.24) is 0 Å². The van der Waals surface area contributed by atoms with Gasteiger partial charge in [0.05, 0.1) is 13.2 Å². The Morgan fingerprint density at radius 3 is 1.74 bits per heavy atom. The van der Waals surface area contributed by atoms with Gasteiger partial charge in [-0.3, -0.25) is 9.59 Å². The van der Waals surface area contributed by atoms with Gasteiger partial charge in [0.25, 0.3) is 0 Å². The second-order valence-corrected chi connectivity index (χ2v) is 13.0. The van der Waals surface area contributed by atoms with Crippen molar-refractivity contribution in [1.29, 1.82) is 0 Å². The van der Waals surface area contributed by atoms with Crippen LogP contribution in [0.4, 0.5) is 0 Å². The lowest BCUT2D eigenvalue weighted by Crippen LogP contribution is -2.59. The molecule has 2 unspecified atom stereocenters. The zero-order valence-corrected chi connectivity index (χ0v) is 29.5. The van der Waals surface area contributed by atoms with Crippen LogP contribution in [-0.4, -0.2) is 89.0 Å². The molecule has 0 saturated carbocycles. The molecule has 47 heavy (non-hydrogen) atoms. The second-order valence-electron chi connectivity index (χ2n) is 13.0. The van der Waals surface area contributed by atoms with E-state index in [1.165, 1.54) is 83.5 Å². The van der Waals surface area contributed by atoms with Crippen LogP contribution < -0.4 is 0 Å². The summed E-state index contributed by atoms with van der Waals surface area (Å²) in [5.41, 5.74) is 0. The van der Waals surface area contributed by atoms with Crippen molar-refractivity contribution in [2.75, 3.05) is 19.8 Å². The van der Waals surface area contributed by atoms with E-state index in [4.69, 9.17) is 18.9 Å². The predicted octanol–water partition coefficient (Wildman–Crippen LogP) is 6.44. The first-order valence-electron chi connectivity index (χ1n) is 18.8. The molecule has 0 aromatic heterocycles. The molecule has 0 aromatic rings. The minimum Gasteiger partial charge on any atom is -0.462 e. The first-order chi connectivity index (χ1) is 22.8. The number of rotatable bonds is 30. The highest BCUT2D eigenvalue weighted by atomic mass is 16.7. The number of ether oxygens (including phenoxy) is 4. The van der Waals surface area contributed by atoms with Gasteiger partial charge in [-0.05, 0) is 25.7 Å². The molecule has 0 spiro atoms. The molecule has 1 saturated heterocycles. The molecule has 10 nitrogen and oxygen atoms in total. The van der Waals surface area contributed by atoms with E-state index >= 15 is 0 Å². The van der Waals surface area contributed by atoms with Crippen LogP contribution in [-0.2, 0) is 28.5 Å². The quantitative estimate of drug-likeness (QED) is 0.0381. The molecule has 0 radical (unpaired) electrons. The lowest BCUT2D eigenvalue weighted by molar-refractivity contribution is -0.305. The van der Waals surface area contributed by atoms with Crippen LogP contribution in [0.3, 0.4) is 0 Å². The summed E-state index contributed by atoms with van der Waals surface area (Å²) in [4.78, 5) is 25.0. The third-order valence-corrected chi connectivity index (χ3v) is 8.66. The first-order valence-corrected chi connectivity index (χ1v) is 18.8. The van der Waals surface area contributed by atoms with Crippen molar-refractivity contribution in [3.8, 4) is 0 Å². The normalized spacial score (nSPS) is 22.0. The van der Waals surface area contributed by atoms with Crippen LogP contribution in [0.1, 0.15) is 155 Å². The van der Waals surface area contributed by atoms with E-state index in [0.717, 1.165) is 32.1 Å². The van der Waals surface area contributed by atoms with Gasteiger partial charge in [0, 0.05) is 12.8 Å². The highest BCUT2D eigenvalue weighted by molar-refractivity contribution is 5.70. The van der Waals surface area contributed by atoms with Crippen molar-refractivity contribution >= 4 is 11.9 Å². The summed E-state index contributed by atoms with van der Waals surface area (Å²) in [7, 11) is 0. The monoisotopic (exact) mass is 672 g/mol.